The van der Waals surface area contributed by atoms with Crippen molar-refractivity contribution in [3.63, 3.8) is 0 Å². The molecule has 0 spiro atoms. The van der Waals surface area contributed by atoms with Crippen LogP contribution in [0.25, 0.3) is 0 Å². The fourth-order valence-corrected chi connectivity index (χ4v) is 0. The molecule has 0 aromatic rings. The molecule has 2 nitrogen and oxygen atoms in total. The summed E-state index contributed by atoms with van der Waals surface area (Å²) in [6.45, 7) is 11.1. The number of hydrogen-bond acceptors (Lipinski definition) is 1. The molecule has 0 atom stereocenters. The van der Waals surface area contributed by atoms with Gasteiger partial charge in [-0.3, -0.25) is 4.79 Å². The van der Waals surface area contributed by atoms with Crippen LogP contribution in [0.4, 0.5) is 0 Å². The molecule has 1 N–H and O–H groups in total. The van der Waals surface area contributed by atoms with E-state index in [1.165, 1.54) is 0 Å². The second-order valence-electron chi connectivity index (χ2n) is 0.519. The summed E-state index contributed by atoms with van der Waals surface area (Å²) < 4.78 is 0. The van der Waals surface area contributed by atoms with Gasteiger partial charge in [0.2, 0.25) is 0 Å². The quantitative estimate of drug-likeness (QED) is 0.457. The van der Waals surface area contributed by atoms with Crippen molar-refractivity contribution in [3.05, 3.63) is 13.8 Å². The van der Waals surface area contributed by atoms with Crippen molar-refractivity contribution in [2.24, 2.45) is 0 Å². The van der Waals surface area contributed by atoms with Crippen molar-refractivity contribution >= 4 is 5.97 Å². The molecular weight excluding hydrogens is 168 g/mol. The van der Waals surface area contributed by atoms with Gasteiger partial charge in [0, 0.05) is 6.92 Å². The van der Waals surface area contributed by atoms with Gasteiger partial charge in [-0.1, -0.05) is 0 Å². The van der Waals surface area contributed by atoms with Crippen LogP contribution in [0.5, 0.6) is 0 Å². The summed E-state index contributed by atoms with van der Waals surface area (Å²) in [5.74, 6) is -0.833. The summed E-state index contributed by atoms with van der Waals surface area (Å²) >= 11 is 0. The van der Waals surface area contributed by atoms with Crippen LogP contribution in [0.2, 0.25) is 0 Å². The molecule has 0 aliphatic heterocycles. The second-order valence-corrected chi connectivity index (χ2v) is 0.519. The van der Waals surface area contributed by atoms with Crippen molar-refractivity contribution in [2.45, 2.75) is 20.8 Å². The van der Waals surface area contributed by atoms with Gasteiger partial charge >= 0.3 is 17.1 Å². The summed E-state index contributed by atoms with van der Waals surface area (Å²) in [5.41, 5.74) is 0. The van der Waals surface area contributed by atoms with Gasteiger partial charge in [0.25, 0.3) is 5.97 Å². The molecule has 1 radical (unpaired) electrons. The molecule has 0 aliphatic carbocycles. The average molecular weight is 182 g/mol. The minimum Gasteiger partial charge on any atom is -0.481 e. The van der Waals surface area contributed by atoms with Crippen molar-refractivity contribution in [1.82, 2.24) is 0 Å². The molecule has 3 heteroatoms. The molecule has 9 heavy (non-hydrogen) atoms. The normalized spacial score (nSPS) is 4.11. The number of rotatable bonds is 0. The molecule has 0 unspecified atom stereocenters. The van der Waals surface area contributed by atoms with E-state index in [1.54, 1.807) is 13.8 Å². The third-order valence-electron chi connectivity index (χ3n) is 0. The fourth-order valence-electron chi connectivity index (χ4n) is 0. The first-order chi connectivity index (χ1) is 3.73. The third kappa shape index (κ3) is 2590000. The van der Waals surface area contributed by atoms with Gasteiger partial charge in [-0.05, 0) is 0 Å². The van der Waals surface area contributed by atoms with E-state index < -0.39 is 5.97 Å². The average Bonchev–Trinajstić information content (AvgIpc) is 1.75. The molecule has 0 rings (SSSR count). The number of hydrogen-bond donors (Lipinski definition) is 1. The molecule has 0 saturated heterocycles. The molecule has 0 amide bonds. The number of carbonyl (C=O) groups is 1. The molecule has 0 aromatic heterocycles. The fraction of sp³-hybridized carbons (Fsp3) is 0.500. The molecule has 0 heterocycles. The minimum atomic E-state index is -0.833. The van der Waals surface area contributed by atoms with E-state index in [-0.39, 0.29) is 17.1 Å². The second kappa shape index (κ2) is 43.7. The first-order valence-corrected chi connectivity index (χ1v) is 2.34. The van der Waals surface area contributed by atoms with Crippen molar-refractivity contribution in [2.75, 3.05) is 0 Å². The Labute approximate surface area is 68.1 Å². The SMILES string of the molecule is CC(=O)O.[CH2-]C.[CH2-]C.[Cu+2]. The molecule has 61 valence electrons. The first-order valence-electron chi connectivity index (χ1n) is 2.34. The van der Waals surface area contributed by atoms with Crippen LogP contribution in [0.1, 0.15) is 20.8 Å². The molecule has 0 fully saturated rings. The van der Waals surface area contributed by atoms with E-state index >= 15 is 0 Å². The van der Waals surface area contributed by atoms with E-state index in [4.69, 9.17) is 9.90 Å². The van der Waals surface area contributed by atoms with Crippen LogP contribution in [0.3, 0.4) is 0 Å². The van der Waals surface area contributed by atoms with Gasteiger partial charge in [-0.25, -0.2) is 0 Å². The van der Waals surface area contributed by atoms with Crippen LogP contribution in [0, 0.1) is 13.8 Å². The predicted octanol–water partition coefficient (Wildman–Crippen LogP) is 1.77. The van der Waals surface area contributed by atoms with E-state index in [1.807, 2.05) is 0 Å². The minimum absolute atomic E-state index is 0. The van der Waals surface area contributed by atoms with Crippen molar-refractivity contribution < 1.29 is 27.0 Å². The van der Waals surface area contributed by atoms with Gasteiger partial charge in [0.1, 0.15) is 0 Å². The standard InChI is InChI=1S/C2H4O2.2C2H5.Cu/c1-2(3)4;2*1-2;/h1H3,(H,3,4);2*1H2,2H3;/q;2*-1;+2. The first kappa shape index (κ1) is 23.0. The van der Waals surface area contributed by atoms with Crippen LogP contribution in [-0.4, -0.2) is 11.1 Å². The summed E-state index contributed by atoms with van der Waals surface area (Å²) in [7, 11) is 0. The van der Waals surface area contributed by atoms with Gasteiger partial charge in [0.05, 0.1) is 0 Å². The Morgan fingerprint density at radius 2 is 1.22 bits per heavy atom. The van der Waals surface area contributed by atoms with Crippen LogP contribution >= 0.6 is 0 Å². The summed E-state index contributed by atoms with van der Waals surface area (Å²) in [6, 6.07) is 0. The van der Waals surface area contributed by atoms with Crippen molar-refractivity contribution in [1.29, 1.82) is 0 Å². The van der Waals surface area contributed by atoms with Gasteiger partial charge in [-0.15, -0.1) is 0 Å². The predicted molar refractivity (Wildman–Crippen MR) is 35.4 cm³/mol. The number of aliphatic carboxylic acids is 1. The Kier molecular flexibility index (Phi) is 112. The van der Waals surface area contributed by atoms with Gasteiger partial charge in [-0.2, -0.15) is 13.8 Å². The topological polar surface area (TPSA) is 37.3 Å². The maximum atomic E-state index is 9.00. The smallest absolute Gasteiger partial charge is 0.481 e. The van der Waals surface area contributed by atoms with E-state index in [0.717, 1.165) is 6.92 Å². The van der Waals surface area contributed by atoms with Gasteiger partial charge < -0.3 is 19.0 Å². The summed E-state index contributed by atoms with van der Waals surface area (Å²) in [5, 5.41) is 7.42. The van der Waals surface area contributed by atoms with E-state index in [9.17, 15) is 0 Å². The van der Waals surface area contributed by atoms with Crippen LogP contribution in [-0.2, 0) is 21.9 Å². The van der Waals surface area contributed by atoms with Crippen molar-refractivity contribution in [3.8, 4) is 0 Å². The van der Waals surface area contributed by atoms with E-state index in [2.05, 4.69) is 13.8 Å². The largest absolute Gasteiger partial charge is 2.00 e. The Morgan fingerprint density at radius 3 is 1.22 bits per heavy atom. The zero-order valence-electron chi connectivity index (χ0n) is 6.07. The van der Waals surface area contributed by atoms with Crippen LogP contribution < -0.4 is 0 Å². The Bertz CT molecular complexity index is 34.0. The Balaban J connectivity index is -0.0000000221. The monoisotopic (exact) mass is 181 g/mol. The Morgan fingerprint density at radius 1 is 1.22 bits per heavy atom. The molecular formula is C6H14CuO2. The van der Waals surface area contributed by atoms with Crippen LogP contribution in [0.15, 0.2) is 0 Å². The zero-order valence-corrected chi connectivity index (χ0v) is 7.01. The summed E-state index contributed by atoms with van der Waals surface area (Å²) in [6.07, 6.45) is 0. The maximum Gasteiger partial charge on any atom is 2.00 e. The molecule has 0 aliphatic rings. The summed E-state index contributed by atoms with van der Waals surface area (Å²) in [4.78, 5) is 9.00. The maximum absolute atomic E-state index is 9.00. The molecule has 0 aromatic carbocycles. The van der Waals surface area contributed by atoms with E-state index in [0.29, 0.717) is 0 Å². The molecule has 0 bridgehead atoms. The third-order valence-corrected chi connectivity index (χ3v) is 0. The zero-order chi connectivity index (χ0) is 7.58. The number of carboxylic acid groups (broad SMARTS) is 1. The van der Waals surface area contributed by atoms with Gasteiger partial charge in [0.15, 0.2) is 0 Å². The molecule has 0 saturated carbocycles. The Hall–Kier alpha value is -0.0105. The number of carboxylic acids is 1.